The van der Waals surface area contributed by atoms with E-state index in [2.05, 4.69) is 19.2 Å². The van der Waals surface area contributed by atoms with Crippen LogP contribution in [0.15, 0.2) is 24.3 Å². The molecule has 1 N–H and O–H groups in total. The molecule has 1 saturated heterocycles. The summed E-state index contributed by atoms with van der Waals surface area (Å²) >= 11 is 0. The number of carbonyl (C=O) groups excluding carboxylic acids is 2. The lowest BCUT2D eigenvalue weighted by atomic mass is 9.97. The van der Waals surface area contributed by atoms with E-state index in [-0.39, 0.29) is 36.5 Å². The quantitative estimate of drug-likeness (QED) is 0.876. The van der Waals surface area contributed by atoms with Crippen LogP contribution in [0.5, 0.6) is 5.75 Å². The molecular weight excluding hydrogens is 328 g/mol. The average Bonchev–Trinajstić information content (AvgIpc) is 3.13. The third-order valence-electron chi connectivity index (χ3n) is 5.65. The Morgan fingerprint density at radius 3 is 2.38 bits per heavy atom. The molecule has 1 aromatic carbocycles. The van der Waals surface area contributed by atoms with E-state index in [4.69, 9.17) is 4.74 Å². The topological polar surface area (TPSA) is 58.6 Å². The van der Waals surface area contributed by atoms with Gasteiger partial charge < -0.3 is 15.0 Å². The summed E-state index contributed by atoms with van der Waals surface area (Å²) in [6.07, 6.45) is 7.66. The number of nitrogens with zero attached hydrogens (tertiary/aromatic N) is 1. The van der Waals surface area contributed by atoms with Crippen molar-refractivity contribution in [3.63, 3.8) is 0 Å². The Hall–Kier alpha value is -2.04. The van der Waals surface area contributed by atoms with Crippen LogP contribution < -0.4 is 10.1 Å². The van der Waals surface area contributed by atoms with Crippen molar-refractivity contribution in [2.75, 3.05) is 6.61 Å². The first kappa shape index (κ1) is 18.7. The van der Waals surface area contributed by atoms with E-state index >= 15 is 0 Å². The molecule has 0 bridgehead atoms. The molecule has 2 amide bonds. The molecule has 0 spiro atoms. The Morgan fingerprint density at radius 1 is 1.04 bits per heavy atom. The van der Waals surface area contributed by atoms with Crippen molar-refractivity contribution in [2.24, 2.45) is 0 Å². The van der Waals surface area contributed by atoms with Crippen molar-refractivity contribution in [3.05, 3.63) is 29.8 Å². The van der Waals surface area contributed by atoms with Crippen molar-refractivity contribution >= 4 is 11.8 Å². The standard InChI is InChI=1S/C21H30N2O3/c1-15-8-7-9-16(2)23(15)20(24)14-26-19-13-6-5-12-18(19)21(25)22-17-10-3-4-11-17/h5-6,12-13,15-17H,3-4,7-11,14H2,1-2H3,(H,22,25)/t15-,16+. The fraction of sp³-hybridized carbons (Fsp3) is 0.619. The lowest BCUT2D eigenvalue weighted by Gasteiger charge is -2.39. The number of amides is 2. The molecule has 1 heterocycles. The minimum atomic E-state index is -0.111. The second kappa shape index (κ2) is 8.56. The van der Waals surface area contributed by atoms with Crippen LogP contribution in [-0.4, -0.2) is 41.4 Å². The minimum Gasteiger partial charge on any atom is -0.483 e. The number of benzene rings is 1. The van der Waals surface area contributed by atoms with Crippen molar-refractivity contribution in [1.82, 2.24) is 10.2 Å². The highest BCUT2D eigenvalue weighted by Gasteiger charge is 2.29. The van der Waals surface area contributed by atoms with Crippen LogP contribution in [0.4, 0.5) is 0 Å². The maximum Gasteiger partial charge on any atom is 0.260 e. The number of carbonyl (C=O) groups is 2. The van der Waals surface area contributed by atoms with E-state index in [1.54, 1.807) is 12.1 Å². The predicted octanol–water partition coefficient (Wildman–Crippen LogP) is 3.53. The van der Waals surface area contributed by atoms with Gasteiger partial charge in [-0.2, -0.15) is 0 Å². The van der Waals surface area contributed by atoms with Crippen LogP contribution in [0.1, 0.15) is 69.2 Å². The number of likely N-dealkylation sites (tertiary alicyclic amines) is 1. The second-order valence-corrected chi connectivity index (χ2v) is 7.67. The number of nitrogens with one attached hydrogen (secondary N) is 1. The first-order chi connectivity index (χ1) is 12.6. The Labute approximate surface area is 156 Å². The molecular formula is C21H30N2O3. The maximum atomic E-state index is 12.7. The molecule has 1 saturated carbocycles. The van der Waals surface area contributed by atoms with Gasteiger partial charge in [-0.15, -0.1) is 0 Å². The third-order valence-corrected chi connectivity index (χ3v) is 5.65. The first-order valence-corrected chi connectivity index (χ1v) is 9.90. The highest BCUT2D eigenvalue weighted by molar-refractivity contribution is 5.97. The van der Waals surface area contributed by atoms with Gasteiger partial charge in [0.25, 0.3) is 11.8 Å². The predicted molar refractivity (Wildman–Crippen MR) is 101 cm³/mol. The summed E-state index contributed by atoms with van der Waals surface area (Å²) in [5.41, 5.74) is 0.506. The van der Waals surface area contributed by atoms with Gasteiger partial charge in [-0.05, 0) is 58.1 Å². The molecule has 0 radical (unpaired) electrons. The zero-order valence-corrected chi connectivity index (χ0v) is 15.9. The monoisotopic (exact) mass is 358 g/mol. The lowest BCUT2D eigenvalue weighted by molar-refractivity contribution is -0.139. The minimum absolute atomic E-state index is 0.00398. The summed E-state index contributed by atoms with van der Waals surface area (Å²) < 4.78 is 5.78. The summed E-state index contributed by atoms with van der Waals surface area (Å²) in [6.45, 7) is 4.16. The maximum absolute atomic E-state index is 12.7. The number of piperidine rings is 1. The van der Waals surface area contributed by atoms with Crippen LogP contribution >= 0.6 is 0 Å². The van der Waals surface area contributed by atoms with Crippen molar-refractivity contribution < 1.29 is 14.3 Å². The molecule has 1 aliphatic heterocycles. The zero-order chi connectivity index (χ0) is 18.5. The molecule has 1 aliphatic carbocycles. The molecule has 26 heavy (non-hydrogen) atoms. The number of ether oxygens (including phenoxy) is 1. The van der Waals surface area contributed by atoms with E-state index in [0.717, 1.165) is 32.1 Å². The Kier molecular flexibility index (Phi) is 6.17. The van der Waals surface area contributed by atoms with Gasteiger partial charge in [-0.25, -0.2) is 0 Å². The smallest absolute Gasteiger partial charge is 0.260 e. The zero-order valence-electron chi connectivity index (χ0n) is 15.9. The Balaban J connectivity index is 1.62. The van der Waals surface area contributed by atoms with E-state index in [1.807, 2.05) is 17.0 Å². The van der Waals surface area contributed by atoms with Crippen LogP contribution in [-0.2, 0) is 4.79 Å². The molecule has 1 aromatic rings. The van der Waals surface area contributed by atoms with Gasteiger partial charge in [0.05, 0.1) is 5.56 Å². The Morgan fingerprint density at radius 2 is 1.69 bits per heavy atom. The fourth-order valence-electron chi connectivity index (χ4n) is 4.24. The van der Waals surface area contributed by atoms with Crippen LogP contribution in [0.2, 0.25) is 0 Å². The molecule has 2 atom stereocenters. The lowest BCUT2D eigenvalue weighted by Crippen LogP contribution is -2.49. The number of para-hydroxylation sites is 1. The average molecular weight is 358 g/mol. The van der Waals surface area contributed by atoms with Crippen molar-refractivity contribution in [2.45, 2.75) is 76.9 Å². The number of hydrogen-bond donors (Lipinski definition) is 1. The third kappa shape index (κ3) is 4.37. The van der Waals surface area contributed by atoms with Crippen LogP contribution in [0.3, 0.4) is 0 Å². The van der Waals surface area contributed by atoms with Gasteiger partial charge in [0, 0.05) is 18.1 Å². The van der Waals surface area contributed by atoms with Gasteiger partial charge in [-0.3, -0.25) is 9.59 Å². The first-order valence-electron chi connectivity index (χ1n) is 9.90. The summed E-state index contributed by atoms with van der Waals surface area (Å²) in [7, 11) is 0. The van der Waals surface area contributed by atoms with Gasteiger partial charge in [0.2, 0.25) is 0 Å². The van der Waals surface area contributed by atoms with Crippen molar-refractivity contribution in [1.29, 1.82) is 0 Å². The van der Waals surface area contributed by atoms with Gasteiger partial charge in [0.1, 0.15) is 5.75 Å². The molecule has 0 aromatic heterocycles. The number of rotatable bonds is 5. The SMILES string of the molecule is C[C@@H]1CCC[C@H](C)N1C(=O)COc1ccccc1C(=O)NC1CCCC1. The summed E-state index contributed by atoms with van der Waals surface area (Å²) in [6, 6.07) is 7.93. The van der Waals surface area contributed by atoms with E-state index in [0.29, 0.717) is 11.3 Å². The normalized spacial score (nSPS) is 23.7. The molecule has 0 unspecified atom stereocenters. The highest BCUT2D eigenvalue weighted by Crippen LogP contribution is 2.24. The van der Waals surface area contributed by atoms with Crippen LogP contribution in [0, 0.1) is 0 Å². The molecule has 5 heteroatoms. The van der Waals surface area contributed by atoms with E-state index < -0.39 is 0 Å². The van der Waals surface area contributed by atoms with Gasteiger partial charge in [-0.1, -0.05) is 25.0 Å². The summed E-state index contributed by atoms with van der Waals surface area (Å²) in [5, 5.41) is 3.09. The molecule has 2 fully saturated rings. The molecule has 3 rings (SSSR count). The summed E-state index contributed by atoms with van der Waals surface area (Å²) in [5.74, 6) is 0.365. The van der Waals surface area contributed by atoms with Gasteiger partial charge >= 0.3 is 0 Å². The van der Waals surface area contributed by atoms with Crippen molar-refractivity contribution in [3.8, 4) is 5.75 Å². The molecule has 5 nitrogen and oxygen atoms in total. The summed E-state index contributed by atoms with van der Waals surface area (Å²) in [4.78, 5) is 27.2. The Bertz CT molecular complexity index is 630. The molecule has 2 aliphatic rings. The van der Waals surface area contributed by atoms with E-state index in [1.165, 1.54) is 12.8 Å². The molecule has 142 valence electrons. The van der Waals surface area contributed by atoms with E-state index in [9.17, 15) is 9.59 Å². The van der Waals surface area contributed by atoms with Gasteiger partial charge in [0.15, 0.2) is 6.61 Å². The fourth-order valence-corrected chi connectivity index (χ4v) is 4.24. The highest BCUT2D eigenvalue weighted by atomic mass is 16.5. The van der Waals surface area contributed by atoms with Crippen LogP contribution in [0.25, 0.3) is 0 Å². The second-order valence-electron chi connectivity index (χ2n) is 7.67. The largest absolute Gasteiger partial charge is 0.483 e. The number of hydrogen-bond acceptors (Lipinski definition) is 3.